The first-order valence-corrected chi connectivity index (χ1v) is 12.3. The van der Waals surface area contributed by atoms with Crippen molar-refractivity contribution >= 4 is 11.8 Å². The number of amides is 2. The normalized spacial score (nSPS) is 29.5. The highest BCUT2D eigenvalue weighted by Crippen LogP contribution is 2.60. The van der Waals surface area contributed by atoms with Crippen LogP contribution in [0.5, 0.6) is 11.5 Å². The third kappa shape index (κ3) is 4.38. The molecule has 2 aromatic rings. The molecule has 4 aliphatic rings. The lowest BCUT2D eigenvalue weighted by atomic mass is 9.47. The van der Waals surface area contributed by atoms with E-state index in [1.807, 2.05) is 54.6 Å². The average molecular weight is 463 g/mol. The summed E-state index contributed by atoms with van der Waals surface area (Å²) in [6, 6.07) is 17.5. The van der Waals surface area contributed by atoms with Crippen LogP contribution in [0.25, 0.3) is 0 Å². The summed E-state index contributed by atoms with van der Waals surface area (Å²) in [5.41, 5.74) is 5.52. The van der Waals surface area contributed by atoms with Crippen molar-refractivity contribution in [1.82, 2.24) is 5.32 Å². The molecule has 6 nitrogen and oxygen atoms in total. The lowest BCUT2D eigenvalue weighted by Crippen LogP contribution is -2.63. The summed E-state index contributed by atoms with van der Waals surface area (Å²) in [4.78, 5) is 25.4. The van der Waals surface area contributed by atoms with Crippen molar-refractivity contribution < 1.29 is 19.1 Å². The Morgan fingerprint density at radius 1 is 0.971 bits per heavy atom. The Balaban J connectivity index is 1.18. The van der Waals surface area contributed by atoms with Crippen molar-refractivity contribution in [2.45, 2.75) is 64.2 Å². The Hall–Kier alpha value is -3.02. The van der Waals surface area contributed by atoms with Gasteiger partial charge < -0.3 is 20.5 Å². The van der Waals surface area contributed by atoms with E-state index in [0.29, 0.717) is 30.1 Å². The number of hydrogen-bond donors (Lipinski definition) is 2. The Morgan fingerprint density at radius 3 is 2.21 bits per heavy atom. The fourth-order valence-electron chi connectivity index (χ4n) is 6.57. The number of benzene rings is 2. The number of nitrogens with one attached hydrogen (secondary N) is 1. The predicted octanol–water partition coefficient (Wildman–Crippen LogP) is 4.22. The molecule has 0 heterocycles. The molecular formula is C28H34N2O4. The van der Waals surface area contributed by atoms with E-state index < -0.39 is 5.60 Å². The SMILES string of the molecule is CC(C)(Oc1ccc(OCc2ccccc2)cc1)C(=O)NC1C2CC3CC1CC(C(N)=O)(C3)C2. The maximum atomic E-state index is 13.2. The molecule has 34 heavy (non-hydrogen) atoms. The van der Waals surface area contributed by atoms with Gasteiger partial charge in [-0.2, -0.15) is 0 Å². The molecule has 0 spiro atoms. The molecule has 6 rings (SSSR count). The zero-order chi connectivity index (χ0) is 23.9. The van der Waals surface area contributed by atoms with Crippen molar-refractivity contribution in [3.05, 3.63) is 60.2 Å². The van der Waals surface area contributed by atoms with E-state index in [1.54, 1.807) is 13.8 Å². The third-order valence-corrected chi connectivity index (χ3v) is 8.09. The number of hydrogen-bond acceptors (Lipinski definition) is 4. The van der Waals surface area contributed by atoms with Crippen LogP contribution in [0.2, 0.25) is 0 Å². The van der Waals surface area contributed by atoms with Crippen LogP contribution in [0, 0.1) is 23.2 Å². The maximum absolute atomic E-state index is 13.2. The highest BCUT2D eigenvalue weighted by Gasteiger charge is 2.58. The van der Waals surface area contributed by atoms with Gasteiger partial charge in [0.05, 0.1) is 0 Å². The quantitative estimate of drug-likeness (QED) is 0.615. The van der Waals surface area contributed by atoms with Crippen LogP contribution in [-0.2, 0) is 16.2 Å². The summed E-state index contributed by atoms with van der Waals surface area (Å²) in [7, 11) is 0. The molecule has 6 heteroatoms. The predicted molar refractivity (Wildman–Crippen MR) is 129 cm³/mol. The van der Waals surface area contributed by atoms with Crippen LogP contribution in [0.1, 0.15) is 51.5 Å². The molecule has 0 radical (unpaired) electrons. The van der Waals surface area contributed by atoms with Gasteiger partial charge in [0.15, 0.2) is 5.60 Å². The molecular weight excluding hydrogens is 428 g/mol. The Labute approximate surface area is 201 Å². The molecule has 2 atom stereocenters. The first-order chi connectivity index (χ1) is 16.2. The van der Waals surface area contributed by atoms with Gasteiger partial charge in [0, 0.05) is 11.5 Å². The zero-order valence-electron chi connectivity index (χ0n) is 20.0. The number of ether oxygens (including phenoxy) is 2. The van der Waals surface area contributed by atoms with E-state index in [2.05, 4.69) is 5.32 Å². The zero-order valence-corrected chi connectivity index (χ0v) is 20.0. The highest BCUT2D eigenvalue weighted by atomic mass is 16.5. The van der Waals surface area contributed by atoms with Gasteiger partial charge in [-0.15, -0.1) is 0 Å². The summed E-state index contributed by atoms with van der Waals surface area (Å²) in [6.07, 6.45) is 4.66. The minimum atomic E-state index is -1.03. The largest absolute Gasteiger partial charge is 0.489 e. The molecule has 3 N–H and O–H groups in total. The van der Waals surface area contributed by atoms with Gasteiger partial charge in [-0.25, -0.2) is 0 Å². The Kier molecular flexibility index (Phi) is 5.78. The molecule has 4 fully saturated rings. The summed E-state index contributed by atoms with van der Waals surface area (Å²) in [6.45, 7) is 4.09. The molecule has 0 aliphatic heterocycles. The number of nitrogens with two attached hydrogens (primary N) is 1. The molecule has 180 valence electrons. The molecule has 4 bridgehead atoms. The van der Waals surface area contributed by atoms with E-state index in [1.165, 1.54) is 0 Å². The fourth-order valence-corrected chi connectivity index (χ4v) is 6.57. The first-order valence-electron chi connectivity index (χ1n) is 12.3. The van der Waals surface area contributed by atoms with E-state index in [0.717, 1.165) is 43.4 Å². The summed E-state index contributed by atoms with van der Waals surface area (Å²) in [5.74, 6) is 2.28. The number of rotatable bonds is 8. The Bertz CT molecular complexity index is 1030. The van der Waals surface area contributed by atoms with Gasteiger partial charge >= 0.3 is 0 Å². The second kappa shape index (κ2) is 8.64. The number of carbonyl (C=O) groups excluding carboxylic acids is 2. The van der Waals surface area contributed by atoms with Crippen LogP contribution >= 0.6 is 0 Å². The topological polar surface area (TPSA) is 90.7 Å². The Morgan fingerprint density at radius 2 is 1.59 bits per heavy atom. The van der Waals surface area contributed by atoms with Crippen molar-refractivity contribution in [2.75, 3.05) is 0 Å². The van der Waals surface area contributed by atoms with E-state index >= 15 is 0 Å². The van der Waals surface area contributed by atoms with Crippen molar-refractivity contribution in [2.24, 2.45) is 28.9 Å². The van der Waals surface area contributed by atoms with E-state index in [9.17, 15) is 9.59 Å². The standard InChI is InChI=1S/C28H34N2O4/c1-27(2,34-23-10-8-22(9-11-23)33-17-18-6-4-3-5-7-18)26(32)30-24-20-12-19-13-21(24)16-28(14-19,15-20)25(29)31/h3-11,19-21,24H,12-17H2,1-2H3,(H2,29,31)(H,30,32). The van der Waals surface area contributed by atoms with Gasteiger partial charge in [0.1, 0.15) is 18.1 Å². The van der Waals surface area contributed by atoms with Crippen molar-refractivity contribution in [1.29, 1.82) is 0 Å². The third-order valence-electron chi connectivity index (χ3n) is 8.09. The maximum Gasteiger partial charge on any atom is 0.263 e. The molecule has 0 saturated heterocycles. The van der Waals surface area contributed by atoms with Gasteiger partial charge in [0.2, 0.25) is 5.91 Å². The van der Waals surface area contributed by atoms with Gasteiger partial charge in [-0.05, 0) is 93.5 Å². The van der Waals surface area contributed by atoms with Gasteiger partial charge in [0.25, 0.3) is 5.91 Å². The monoisotopic (exact) mass is 462 g/mol. The van der Waals surface area contributed by atoms with E-state index in [4.69, 9.17) is 15.2 Å². The number of primary amides is 1. The van der Waals surface area contributed by atoms with Gasteiger partial charge in [-0.1, -0.05) is 30.3 Å². The van der Waals surface area contributed by atoms with Crippen molar-refractivity contribution in [3.8, 4) is 11.5 Å². The fraction of sp³-hybridized carbons (Fsp3) is 0.500. The van der Waals surface area contributed by atoms with Crippen LogP contribution in [-0.4, -0.2) is 23.5 Å². The molecule has 0 aromatic heterocycles. The van der Waals surface area contributed by atoms with Crippen LogP contribution < -0.4 is 20.5 Å². The van der Waals surface area contributed by atoms with Gasteiger partial charge in [-0.3, -0.25) is 9.59 Å². The second-order valence-corrected chi connectivity index (χ2v) is 11.0. The summed E-state index contributed by atoms with van der Waals surface area (Å²) < 4.78 is 11.9. The van der Waals surface area contributed by atoms with Crippen molar-refractivity contribution in [3.63, 3.8) is 0 Å². The van der Waals surface area contributed by atoms with Crippen LogP contribution in [0.15, 0.2) is 54.6 Å². The minimum absolute atomic E-state index is 0.0909. The van der Waals surface area contributed by atoms with E-state index in [-0.39, 0.29) is 23.3 Å². The smallest absolute Gasteiger partial charge is 0.263 e. The summed E-state index contributed by atoms with van der Waals surface area (Å²) >= 11 is 0. The second-order valence-electron chi connectivity index (χ2n) is 11.0. The molecule has 4 saturated carbocycles. The first kappa shape index (κ1) is 22.8. The molecule has 2 amide bonds. The highest BCUT2D eigenvalue weighted by molar-refractivity contribution is 5.85. The minimum Gasteiger partial charge on any atom is -0.489 e. The molecule has 2 aromatic carbocycles. The summed E-state index contributed by atoms with van der Waals surface area (Å²) in [5, 5.41) is 3.29. The van der Waals surface area contributed by atoms with Crippen LogP contribution in [0.4, 0.5) is 0 Å². The van der Waals surface area contributed by atoms with Crippen LogP contribution in [0.3, 0.4) is 0 Å². The average Bonchev–Trinajstić information content (AvgIpc) is 2.81. The lowest BCUT2D eigenvalue weighted by molar-refractivity contribution is -0.150. The molecule has 2 unspecified atom stereocenters. The number of carbonyl (C=O) groups is 2. The molecule has 4 aliphatic carbocycles. The lowest BCUT2D eigenvalue weighted by Gasteiger charge is -2.59.